The molecule has 8 nitrogen and oxygen atoms in total. The first-order valence-electron chi connectivity index (χ1n) is 9.74. The Morgan fingerprint density at radius 1 is 1.32 bits per heavy atom. The Labute approximate surface area is 165 Å². The van der Waals surface area contributed by atoms with Crippen molar-refractivity contribution in [2.24, 2.45) is 0 Å². The highest BCUT2D eigenvalue weighted by molar-refractivity contribution is 5.93. The normalized spacial score (nSPS) is 16.3. The van der Waals surface area contributed by atoms with Gasteiger partial charge in [0, 0.05) is 24.8 Å². The molecule has 0 aromatic heterocycles. The number of carbonyl (C=O) groups is 3. The number of nitrogens with zero attached hydrogens (tertiary/aromatic N) is 1. The van der Waals surface area contributed by atoms with E-state index in [4.69, 9.17) is 9.47 Å². The van der Waals surface area contributed by atoms with E-state index in [0.29, 0.717) is 32.1 Å². The quantitative estimate of drug-likeness (QED) is 0.464. The average molecular weight is 391 g/mol. The van der Waals surface area contributed by atoms with Crippen molar-refractivity contribution >= 4 is 23.5 Å². The summed E-state index contributed by atoms with van der Waals surface area (Å²) in [4.78, 5) is 38.3. The van der Waals surface area contributed by atoms with Gasteiger partial charge in [-0.2, -0.15) is 0 Å². The predicted molar refractivity (Wildman–Crippen MR) is 105 cm³/mol. The molecule has 0 saturated carbocycles. The largest absolute Gasteiger partial charge is 0.494 e. The van der Waals surface area contributed by atoms with Crippen molar-refractivity contribution in [3.63, 3.8) is 0 Å². The minimum Gasteiger partial charge on any atom is -0.494 e. The van der Waals surface area contributed by atoms with Crippen LogP contribution in [0.2, 0.25) is 0 Å². The number of nitrogens with one attached hydrogen (secondary N) is 2. The fourth-order valence-corrected chi connectivity index (χ4v) is 2.91. The van der Waals surface area contributed by atoms with E-state index in [9.17, 15) is 14.4 Å². The van der Waals surface area contributed by atoms with Gasteiger partial charge in [-0.15, -0.1) is 0 Å². The summed E-state index contributed by atoms with van der Waals surface area (Å²) in [6.07, 6.45) is 1.55. The molecule has 1 saturated heterocycles. The van der Waals surface area contributed by atoms with Crippen LogP contribution >= 0.6 is 0 Å². The van der Waals surface area contributed by atoms with Gasteiger partial charge < -0.3 is 25.0 Å². The minimum atomic E-state index is -0.841. The number of benzene rings is 1. The molecule has 1 fully saturated rings. The van der Waals surface area contributed by atoms with E-state index in [0.717, 1.165) is 18.5 Å². The van der Waals surface area contributed by atoms with Gasteiger partial charge in [0.1, 0.15) is 11.8 Å². The van der Waals surface area contributed by atoms with Gasteiger partial charge in [-0.3, -0.25) is 14.4 Å². The lowest BCUT2D eigenvalue weighted by Crippen LogP contribution is -2.58. The number of piperazine rings is 1. The first kappa shape index (κ1) is 21.5. The summed E-state index contributed by atoms with van der Waals surface area (Å²) in [6.45, 7) is 5.53. The number of rotatable bonds is 10. The van der Waals surface area contributed by atoms with Crippen LogP contribution in [0.15, 0.2) is 24.3 Å². The SMILES string of the molecule is CCCCOC(=O)CC1C(=O)NCCN1C(=O)CNc1cccc(OCC)c1. The number of carbonyl (C=O) groups excluding carboxylic acids is 3. The van der Waals surface area contributed by atoms with Crippen molar-refractivity contribution in [1.82, 2.24) is 10.2 Å². The lowest BCUT2D eigenvalue weighted by molar-refractivity contribution is -0.151. The first-order chi connectivity index (χ1) is 13.5. The summed E-state index contributed by atoms with van der Waals surface area (Å²) < 4.78 is 10.6. The Kier molecular flexibility index (Phi) is 8.58. The van der Waals surface area contributed by atoms with Gasteiger partial charge in [-0.25, -0.2) is 0 Å². The fraction of sp³-hybridized carbons (Fsp3) is 0.550. The Morgan fingerprint density at radius 3 is 2.89 bits per heavy atom. The molecular weight excluding hydrogens is 362 g/mol. The number of hydrogen-bond acceptors (Lipinski definition) is 6. The number of amides is 2. The van der Waals surface area contributed by atoms with Gasteiger partial charge >= 0.3 is 5.97 Å². The third-order valence-corrected chi connectivity index (χ3v) is 4.36. The summed E-state index contributed by atoms with van der Waals surface area (Å²) in [5, 5.41) is 5.76. The number of esters is 1. The van der Waals surface area contributed by atoms with Crippen molar-refractivity contribution in [2.75, 3.05) is 38.2 Å². The van der Waals surface area contributed by atoms with Crippen LogP contribution in [0, 0.1) is 0 Å². The molecule has 0 spiro atoms. The van der Waals surface area contributed by atoms with Crippen LogP contribution in [0.5, 0.6) is 5.75 Å². The van der Waals surface area contributed by atoms with Crippen LogP contribution in [-0.2, 0) is 19.1 Å². The van der Waals surface area contributed by atoms with Crippen molar-refractivity contribution in [3.8, 4) is 5.75 Å². The number of unbranched alkanes of at least 4 members (excludes halogenated alkanes) is 1. The second-order valence-corrected chi connectivity index (χ2v) is 6.49. The molecular formula is C20H29N3O5. The highest BCUT2D eigenvalue weighted by atomic mass is 16.5. The second kappa shape index (κ2) is 11.2. The van der Waals surface area contributed by atoms with Gasteiger partial charge in [0.25, 0.3) is 0 Å². The highest BCUT2D eigenvalue weighted by Gasteiger charge is 2.34. The van der Waals surface area contributed by atoms with Crippen LogP contribution in [0.4, 0.5) is 5.69 Å². The van der Waals surface area contributed by atoms with Gasteiger partial charge in [-0.05, 0) is 25.5 Å². The first-order valence-corrected chi connectivity index (χ1v) is 9.74. The van der Waals surface area contributed by atoms with Crippen molar-refractivity contribution in [3.05, 3.63) is 24.3 Å². The van der Waals surface area contributed by atoms with E-state index in [2.05, 4.69) is 10.6 Å². The zero-order chi connectivity index (χ0) is 20.4. The van der Waals surface area contributed by atoms with Gasteiger partial charge in [0.2, 0.25) is 11.8 Å². The van der Waals surface area contributed by atoms with Crippen LogP contribution in [0.25, 0.3) is 0 Å². The fourth-order valence-electron chi connectivity index (χ4n) is 2.91. The zero-order valence-corrected chi connectivity index (χ0v) is 16.5. The lowest BCUT2D eigenvalue weighted by Gasteiger charge is -2.34. The van der Waals surface area contributed by atoms with E-state index >= 15 is 0 Å². The molecule has 28 heavy (non-hydrogen) atoms. The summed E-state index contributed by atoms with van der Waals surface area (Å²) in [6, 6.07) is 6.48. The van der Waals surface area contributed by atoms with Gasteiger partial charge in [0.05, 0.1) is 26.2 Å². The molecule has 1 aromatic rings. The van der Waals surface area contributed by atoms with Crippen LogP contribution in [-0.4, -0.2) is 61.6 Å². The van der Waals surface area contributed by atoms with E-state index in [1.165, 1.54) is 4.90 Å². The molecule has 1 aliphatic rings. The number of anilines is 1. The summed E-state index contributed by atoms with van der Waals surface area (Å²) >= 11 is 0. The van der Waals surface area contributed by atoms with Gasteiger partial charge in [0.15, 0.2) is 0 Å². The topological polar surface area (TPSA) is 97.0 Å². The van der Waals surface area contributed by atoms with Crippen molar-refractivity contribution < 1.29 is 23.9 Å². The summed E-state index contributed by atoms with van der Waals surface area (Å²) in [5.41, 5.74) is 0.747. The van der Waals surface area contributed by atoms with E-state index < -0.39 is 12.0 Å². The second-order valence-electron chi connectivity index (χ2n) is 6.49. The summed E-state index contributed by atoms with van der Waals surface area (Å²) in [7, 11) is 0. The monoisotopic (exact) mass is 391 g/mol. The molecule has 0 radical (unpaired) electrons. The maximum Gasteiger partial charge on any atom is 0.308 e. The minimum absolute atomic E-state index is 0.0181. The van der Waals surface area contributed by atoms with E-state index in [1.807, 2.05) is 38.1 Å². The lowest BCUT2D eigenvalue weighted by atomic mass is 10.1. The number of ether oxygens (including phenoxy) is 2. The smallest absolute Gasteiger partial charge is 0.308 e. The van der Waals surface area contributed by atoms with Crippen LogP contribution in [0.1, 0.15) is 33.1 Å². The molecule has 0 bridgehead atoms. The average Bonchev–Trinajstić information content (AvgIpc) is 2.68. The molecule has 2 N–H and O–H groups in total. The molecule has 154 valence electrons. The zero-order valence-electron chi connectivity index (χ0n) is 16.5. The Hall–Kier alpha value is -2.77. The Balaban J connectivity index is 1.94. The predicted octanol–water partition coefficient (Wildman–Crippen LogP) is 1.56. The molecule has 2 rings (SSSR count). The molecule has 2 amide bonds. The maximum atomic E-state index is 12.7. The number of hydrogen-bond donors (Lipinski definition) is 2. The van der Waals surface area contributed by atoms with Crippen molar-refractivity contribution in [1.29, 1.82) is 0 Å². The molecule has 0 aliphatic carbocycles. The highest BCUT2D eigenvalue weighted by Crippen LogP contribution is 2.17. The molecule has 1 unspecified atom stereocenters. The molecule has 1 aliphatic heterocycles. The molecule has 1 heterocycles. The van der Waals surface area contributed by atoms with Crippen molar-refractivity contribution in [2.45, 2.75) is 39.2 Å². The molecule has 8 heteroatoms. The molecule has 1 atom stereocenters. The van der Waals surface area contributed by atoms with E-state index in [1.54, 1.807) is 0 Å². The van der Waals surface area contributed by atoms with Crippen LogP contribution in [0.3, 0.4) is 0 Å². The van der Waals surface area contributed by atoms with Crippen LogP contribution < -0.4 is 15.4 Å². The third-order valence-electron chi connectivity index (χ3n) is 4.36. The standard InChI is InChI=1S/C20H29N3O5/c1-3-5-11-28-19(25)13-17-20(26)21-9-10-23(17)18(24)14-22-15-7-6-8-16(12-15)27-4-2/h6-8,12,17,22H,3-5,9-11,13-14H2,1-2H3,(H,21,26). The Bertz CT molecular complexity index is 680. The summed E-state index contributed by atoms with van der Waals surface area (Å²) in [5.74, 6) is -0.330. The van der Waals surface area contributed by atoms with E-state index in [-0.39, 0.29) is 24.8 Å². The van der Waals surface area contributed by atoms with Gasteiger partial charge in [-0.1, -0.05) is 19.4 Å². The third kappa shape index (κ3) is 6.44. The molecule has 1 aromatic carbocycles. The maximum absolute atomic E-state index is 12.7. The Morgan fingerprint density at radius 2 is 2.14 bits per heavy atom.